The molecular formula is C29H33N5O4. The van der Waals surface area contributed by atoms with E-state index in [9.17, 15) is 9.59 Å². The van der Waals surface area contributed by atoms with Crippen LogP contribution in [0, 0.1) is 0 Å². The predicted octanol–water partition coefficient (Wildman–Crippen LogP) is 4.53. The summed E-state index contributed by atoms with van der Waals surface area (Å²) in [4.78, 5) is 29.5. The number of ether oxygens (including phenoxy) is 2. The molecule has 0 saturated carbocycles. The number of nitrogens with zero attached hydrogens (tertiary/aromatic N) is 4. The maximum atomic E-state index is 14.1. The second-order valence-electron chi connectivity index (χ2n) is 9.82. The molecule has 0 spiro atoms. The van der Waals surface area contributed by atoms with Crippen molar-refractivity contribution in [3.8, 4) is 11.5 Å². The first kappa shape index (κ1) is 26.7. The summed E-state index contributed by atoms with van der Waals surface area (Å²) in [5.41, 5.74) is 2.03. The van der Waals surface area contributed by atoms with Crippen molar-refractivity contribution >= 4 is 28.5 Å². The van der Waals surface area contributed by atoms with E-state index < -0.39 is 11.6 Å². The second-order valence-corrected chi connectivity index (χ2v) is 9.82. The van der Waals surface area contributed by atoms with E-state index >= 15 is 0 Å². The summed E-state index contributed by atoms with van der Waals surface area (Å²) in [5, 5.41) is 11.4. The van der Waals surface area contributed by atoms with Crippen LogP contribution >= 0.6 is 0 Å². The van der Waals surface area contributed by atoms with E-state index in [1.807, 2.05) is 70.2 Å². The Balaban J connectivity index is 1.83. The first-order chi connectivity index (χ1) is 18.2. The van der Waals surface area contributed by atoms with E-state index in [0.29, 0.717) is 34.9 Å². The van der Waals surface area contributed by atoms with E-state index in [1.165, 1.54) is 4.90 Å². The Kier molecular flexibility index (Phi) is 7.95. The molecule has 9 nitrogen and oxygen atoms in total. The third-order valence-electron chi connectivity index (χ3n) is 5.82. The average Bonchev–Trinajstić information content (AvgIpc) is 3.29. The Morgan fingerprint density at radius 3 is 2.39 bits per heavy atom. The topological polar surface area (TPSA) is 98.6 Å². The van der Waals surface area contributed by atoms with E-state index in [2.05, 4.69) is 15.6 Å². The number of carbonyl (C=O) groups excluding carboxylic acids is 2. The normalized spacial score (nSPS) is 12.1. The van der Waals surface area contributed by atoms with Gasteiger partial charge in [0.05, 0.1) is 19.2 Å². The lowest BCUT2D eigenvalue weighted by atomic mass is 10.00. The summed E-state index contributed by atoms with van der Waals surface area (Å²) < 4.78 is 12.8. The minimum atomic E-state index is -0.997. The van der Waals surface area contributed by atoms with Crippen molar-refractivity contribution in [2.24, 2.45) is 0 Å². The van der Waals surface area contributed by atoms with Gasteiger partial charge in [0, 0.05) is 11.2 Å². The third-order valence-corrected chi connectivity index (χ3v) is 5.82. The molecule has 3 aromatic carbocycles. The number of hydrogen-bond donors (Lipinski definition) is 1. The van der Waals surface area contributed by atoms with E-state index in [1.54, 1.807) is 42.1 Å². The van der Waals surface area contributed by atoms with Crippen molar-refractivity contribution in [1.82, 2.24) is 20.3 Å². The Morgan fingerprint density at radius 2 is 1.71 bits per heavy atom. The quantitative estimate of drug-likeness (QED) is 0.352. The number of carbonyl (C=O) groups is 2. The number of para-hydroxylation sites is 2. The molecule has 0 saturated heterocycles. The van der Waals surface area contributed by atoms with Crippen LogP contribution in [-0.2, 0) is 16.1 Å². The summed E-state index contributed by atoms with van der Waals surface area (Å²) in [5.74, 6) is 0.374. The van der Waals surface area contributed by atoms with Crippen molar-refractivity contribution in [2.45, 2.75) is 45.8 Å². The number of methoxy groups -OCH3 is 1. The number of benzene rings is 3. The highest BCUT2D eigenvalue weighted by Gasteiger charge is 2.35. The summed E-state index contributed by atoms with van der Waals surface area (Å²) >= 11 is 0. The van der Waals surface area contributed by atoms with Gasteiger partial charge in [0.1, 0.15) is 18.1 Å². The number of amides is 2. The van der Waals surface area contributed by atoms with E-state index in [-0.39, 0.29) is 18.4 Å². The van der Waals surface area contributed by atoms with Gasteiger partial charge in [0.2, 0.25) is 11.8 Å². The Hall–Kier alpha value is -4.40. The molecule has 1 atom stereocenters. The lowest BCUT2D eigenvalue weighted by molar-refractivity contribution is -0.128. The Bertz CT molecular complexity index is 1410. The minimum Gasteiger partial charge on any atom is -0.493 e. The lowest BCUT2D eigenvalue weighted by Crippen LogP contribution is -2.50. The number of hydrogen-bond acceptors (Lipinski definition) is 6. The number of aromatic nitrogens is 3. The molecule has 0 aliphatic carbocycles. The average molecular weight is 516 g/mol. The number of fused-ring (bicyclic) bond motifs is 1. The molecule has 4 aromatic rings. The molecule has 9 heteroatoms. The van der Waals surface area contributed by atoms with Crippen LogP contribution in [0.1, 0.15) is 39.3 Å². The van der Waals surface area contributed by atoms with Gasteiger partial charge in [-0.25, -0.2) is 4.68 Å². The van der Waals surface area contributed by atoms with Crippen molar-refractivity contribution < 1.29 is 19.1 Å². The zero-order valence-corrected chi connectivity index (χ0v) is 22.3. The van der Waals surface area contributed by atoms with Crippen molar-refractivity contribution in [2.75, 3.05) is 18.6 Å². The molecule has 4 rings (SSSR count). The first-order valence-electron chi connectivity index (χ1n) is 12.5. The smallest absolute Gasteiger partial charge is 0.249 e. The fourth-order valence-corrected chi connectivity index (χ4v) is 4.25. The standard InChI is InChI=1S/C29H33N5O4/c1-6-38-24-17-16-20(18-25(24)37-5)27(28(36)30-29(2,3)4)34(21-12-8-7-9-13-21)26(35)19-33-23-15-11-10-14-22(23)31-32-33/h7-18,27H,6,19H2,1-5H3,(H,30,36)/t27-/m0/s1. The molecule has 0 unspecified atom stereocenters. The molecule has 198 valence electrons. The predicted molar refractivity (Wildman–Crippen MR) is 146 cm³/mol. The van der Waals surface area contributed by atoms with Crippen molar-refractivity contribution in [3.05, 3.63) is 78.4 Å². The zero-order valence-electron chi connectivity index (χ0n) is 22.3. The van der Waals surface area contributed by atoms with Crippen molar-refractivity contribution in [3.63, 3.8) is 0 Å². The number of nitrogens with one attached hydrogen (secondary N) is 1. The molecule has 1 aromatic heterocycles. The molecule has 0 radical (unpaired) electrons. The van der Waals surface area contributed by atoms with Crippen molar-refractivity contribution in [1.29, 1.82) is 0 Å². The summed E-state index contributed by atoms with van der Waals surface area (Å²) in [6.45, 7) is 7.94. The Morgan fingerprint density at radius 1 is 1.00 bits per heavy atom. The second kappa shape index (κ2) is 11.3. The van der Waals surface area contributed by atoms with Gasteiger partial charge < -0.3 is 14.8 Å². The first-order valence-corrected chi connectivity index (χ1v) is 12.5. The number of rotatable bonds is 9. The van der Waals surface area contributed by atoms with Crippen LogP contribution in [0.4, 0.5) is 5.69 Å². The van der Waals surface area contributed by atoms with Crippen LogP contribution in [0.2, 0.25) is 0 Å². The molecule has 2 amide bonds. The maximum Gasteiger partial charge on any atom is 0.249 e. The fraction of sp³-hybridized carbons (Fsp3) is 0.310. The minimum absolute atomic E-state index is 0.108. The zero-order chi connectivity index (χ0) is 27.3. The Labute approximate surface area is 222 Å². The molecule has 38 heavy (non-hydrogen) atoms. The van der Waals surface area contributed by atoms with Gasteiger partial charge in [-0.2, -0.15) is 0 Å². The summed E-state index contributed by atoms with van der Waals surface area (Å²) in [7, 11) is 1.54. The molecule has 0 aliphatic rings. The molecule has 0 aliphatic heterocycles. The summed E-state index contributed by atoms with van der Waals surface area (Å²) in [6.07, 6.45) is 0. The lowest BCUT2D eigenvalue weighted by Gasteiger charge is -2.34. The van der Waals surface area contributed by atoms with E-state index in [4.69, 9.17) is 9.47 Å². The van der Waals surface area contributed by atoms with Crippen LogP contribution in [0.3, 0.4) is 0 Å². The highest BCUT2D eigenvalue weighted by Crippen LogP contribution is 2.35. The fourth-order valence-electron chi connectivity index (χ4n) is 4.25. The van der Waals surface area contributed by atoms with Gasteiger partial charge in [-0.1, -0.05) is 41.6 Å². The van der Waals surface area contributed by atoms with Gasteiger partial charge in [-0.15, -0.1) is 5.10 Å². The highest BCUT2D eigenvalue weighted by atomic mass is 16.5. The molecule has 1 heterocycles. The largest absolute Gasteiger partial charge is 0.493 e. The maximum absolute atomic E-state index is 14.1. The van der Waals surface area contributed by atoms with Gasteiger partial charge in [-0.05, 0) is 69.7 Å². The van der Waals surface area contributed by atoms with Crippen LogP contribution < -0.4 is 19.7 Å². The van der Waals surface area contributed by atoms with Crippen LogP contribution in [0.5, 0.6) is 11.5 Å². The SMILES string of the molecule is CCOc1ccc([C@@H](C(=O)NC(C)(C)C)N(C(=O)Cn2nnc3ccccc32)c2ccccc2)cc1OC. The molecule has 0 bridgehead atoms. The van der Waals surface area contributed by atoms with Crippen LogP contribution in [0.15, 0.2) is 72.8 Å². The summed E-state index contributed by atoms with van der Waals surface area (Å²) in [6, 6.07) is 20.9. The third kappa shape index (κ3) is 5.94. The van der Waals surface area contributed by atoms with Gasteiger partial charge in [0.15, 0.2) is 11.5 Å². The molecule has 0 fully saturated rings. The monoisotopic (exact) mass is 515 g/mol. The highest BCUT2D eigenvalue weighted by molar-refractivity contribution is 6.01. The molecular weight excluding hydrogens is 482 g/mol. The number of anilines is 1. The molecule has 1 N–H and O–H groups in total. The van der Waals surface area contributed by atoms with Gasteiger partial charge in [-0.3, -0.25) is 14.5 Å². The van der Waals surface area contributed by atoms with Crippen LogP contribution in [0.25, 0.3) is 11.0 Å². The van der Waals surface area contributed by atoms with Crippen LogP contribution in [-0.4, -0.2) is 46.1 Å². The van der Waals surface area contributed by atoms with Gasteiger partial charge >= 0.3 is 0 Å². The van der Waals surface area contributed by atoms with Gasteiger partial charge in [0.25, 0.3) is 0 Å². The van der Waals surface area contributed by atoms with E-state index in [0.717, 1.165) is 5.52 Å².